The highest BCUT2D eigenvalue weighted by atomic mass is 19.4. The smallest absolute Gasteiger partial charge is 0.490 e. The predicted octanol–water partition coefficient (Wildman–Crippen LogP) is 2.99. The third-order valence-corrected chi connectivity index (χ3v) is 5.55. The molecular weight excluding hydrogens is 441 g/mol. The summed E-state index contributed by atoms with van der Waals surface area (Å²) >= 11 is 0. The molecule has 1 spiro atoms. The second-order valence-electron chi connectivity index (χ2n) is 7.98. The Kier molecular flexibility index (Phi) is 8.09. The molecule has 4 rings (SSSR count). The zero-order valence-electron chi connectivity index (χ0n) is 18.3. The van der Waals surface area contributed by atoms with Crippen LogP contribution in [0.5, 0.6) is 5.75 Å². The van der Waals surface area contributed by atoms with Crippen molar-refractivity contribution >= 4 is 11.8 Å². The van der Waals surface area contributed by atoms with Crippen molar-refractivity contribution in [2.75, 3.05) is 44.8 Å². The van der Waals surface area contributed by atoms with Gasteiger partial charge in [-0.3, -0.25) is 9.88 Å². The van der Waals surface area contributed by atoms with Gasteiger partial charge in [-0.05, 0) is 30.5 Å². The second kappa shape index (κ2) is 10.8. The molecule has 180 valence electrons. The lowest BCUT2D eigenvalue weighted by Crippen LogP contribution is -2.59. The fourth-order valence-corrected chi connectivity index (χ4v) is 4.04. The molecule has 2 aliphatic rings. The van der Waals surface area contributed by atoms with Gasteiger partial charge in [0.15, 0.2) is 0 Å². The number of methoxy groups -OCH3 is 1. The Balaban J connectivity index is 0.000000383. The van der Waals surface area contributed by atoms with Crippen molar-refractivity contribution in [2.24, 2.45) is 0 Å². The maximum Gasteiger partial charge on any atom is 0.490 e. The van der Waals surface area contributed by atoms with Gasteiger partial charge < -0.3 is 19.5 Å². The van der Waals surface area contributed by atoms with Crippen LogP contribution in [0.15, 0.2) is 42.9 Å². The summed E-state index contributed by atoms with van der Waals surface area (Å²) in [4.78, 5) is 22.4. The van der Waals surface area contributed by atoms with Crippen molar-refractivity contribution in [3.63, 3.8) is 0 Å². The first-order valence-corrected chi connectivity index (χ1v) is 10.5. The Labute approximate surface area is 190 Å². The lowest BCUT2D eigenvalue weighted by molar-refractivity contribution is -0.192. The topological polar surface area (TPSA) is 88.0 Å². The van der Waals surface area contributed by atoms with Gasteiger partial charge in [0, 0.05) is 45.1 Å². The molecule has 1 aromatic heterocycles. The van der Waals surface area contributed by atoms with E-state index in [2.05, 4.69) is 31.9 Å². The Hall–Kier alpha value is -2.92. The van der Waals surface area contributed by atoms with E-state index in [9.17, 15) is 13.2 Å². The van der Waals surface area contributed by atoms with Crippen molar-refractivity contribution in [1.82, 2.24) is 14.9 Å². The molecule has 2 aliphatic heterocycles. The van der Waals surface area contributed by atoms with E-state index in [1.165, 1.54) is 5.56 Å². The zero-order chi connectivity index (χ0) is 23.9. The highest BCUT2D eigenvalue weighted by Gasteiger charge is 2.41. The van der Waals surface area contributed by atoms with Crippen molar-refractivity contribution in [3.8, 4) is 5.75 Å². The Bertz CT molecular complexity index is 895. The number of rotatable bonds is 4. The normalized spacial score (nSPS) is 21.3. The van der Waals surface area contributed by atoms with Gasteiger partial charge in [0.1, 0.15) is 11.6 Å². The van der Waals surface area contributed by atoms with Crippen LogP contribution < -0.4 is 9.64 Å². The van der Waals surface area contributed by atoms with Crippen molar-refractivity contribution in [3.05, 3.63) is 48.4 Å². The molecule has 2 fully saturated rings. The number of carboxylic acid groups (broad SMARTS) is 1. The van der Waals surface area contributed by atoms with E-state index in [0.29, 0.717) is 0 Å². The number of ether oxygens (including phenoxy) is 2. The number of aliphatic carboxylic acids is 1. The molecule has 0 saturated carbocycles. The number of anilines is 1. The molecule has 0 radical (unpaired) electrons. The lowest BCUT2D eigenvalue weighted by atomic mass is 9.90. The molecule has 2 aromatic rings. The Morgan fingerprint density at radius 2 is 1.94 bits per heavy atom. The first-order valence-electron chi connectivity index (χ1n) is 10.5. The van der Waals surface area contributed by atoms with Crippen LogP contribution in [-0.4, -0.2) is 77.6 Å². The number of hydrogen-bond acceptors (Lipinski definition) is 7. The fourth-order valence-electron chi connectivity index (χ4n) is 4.04. The molecule has 0 aliphatic carbocycles. The molecule has 1 aromatic carbocycles. The summed E-state index contributed by atoms with van der Waals surface area (Å²) in [7, 11) is 1.70. The minimum atomic E-state index is -5.08. The molecule has 1 unspecified atom stereocenters. The SMILES string of the molecule is COc1ccc(CN2CCOC3(CCCN(c4cnccn4)C3)C2)cc1.O=C(O)C(F)(F)F. The van der Waals surface area contributed by atoms with Crippen LogP contribution in [0.4, 0.5) is 19.0 Å². The summed E-state index contributed by atoms with van der Waals surface area (Å²) in [5.41, 5.74) is 1.20. The summed E-state index contributed by atoms with van der Waals surface area (Å²) in [6, 6.07) is 8.35. The average molecular weight is 468 g/mol. The predicted molar refractivity (Wildman–Crippen MR) is 114 cm³/mol. The van der Waals surface area contributed by atoms with Crippen LogP contribution in [0, 0.1) is 0 Å². The monoisotopic (exact) mass is 468 g/mol. The third-order valence-electron chi connectivity index (χ3n) is 5.55. The van der Waals surface area contributed by atoms with E-state index >= 15 is 0 Å². The number of carbonyl (C=O) groups is 1. The number of hydrogen-bond donors (Lipinski definition) is 1. The second-order valence-corrected chi connectivity index (χ2v) is 7.98. The third kappa shape index (κ3) is 7.03. The molecule has 1 atom stereocenters. The van der Waals surface area contributed by atoms with E-state index in [4.69, 9.17) is 19.4 Å². The van der Waals surface area contributed by atoms with Gasteiger partial charge in [0.2, 0.25) is 0 Å². The minimum absolute atomic E-state index is 0.111. The Morgan fingerprint density at radius 1 is 1.21 bits per heavy atom. The van der Waals surface area contributed by atoms with E-state index in [-0.39, 0.29) is 5.60 Å². The summed E-state index contributed by atoms with van der Waals surface area (Å²) in [5, 5.41) is 7.12. The van der Waals surface area contributed by atoms with Gasteiger partial charge in [0.25, 0.3) is 0 Å². The van der Waals surface area contributed by atoms with Crippen molar-refractivity contribution in [1.29, 1.82) is 0 Å². The van der Waals surface area contributed by atoms with E-state index in [1.54, 1.807) is 19.5 Å². The number of piperidine rings is 1. The minimum Gasteiger partial charge on any atom is -0.497 e. The maximum absolute atomic E-state index is 10.6. The first-order chi connectivity index (χ1) is 15.7. The van der Waals surface area contributed by atoms with Crippen LogP contribution in [0.2, 0.25) is 0 Å². The van der Waals surface area contributed by atoms with E-state index in [1.807, 2.05) is 18.3 Å². The van der Waals surface area contributed by atoms with Crippen molar-refractivity contribution in [2.45, 2.75) is 31.2 Å². The molecule has 2 saturated heterocycles. The van der Waals surface area contributed by atoms with Gasteiger partial charge in [-0.25, -0.2) is 9.78 Å². The number of alkyl halides is 3. The van der Waals surface area contributed by atoms with E-state index < -0.39 is 12.1 Å². The molecular formula is C22H27F3N4O4. The first kappa shape index (κ1) is 24.7. The van der Waals surface area contributed by atoms with Crippen molar-refractivity contribution < 1.29 is 32.5 Å². The van der Waals surface area contributed by atoms with Gasteiger partial charge >= 0.3 is 12.1 Å². The lowest BCUT2D eigenvalue weighted by Gasteiger charge is -2.48. The highest BCUT2D eigenvalue weighted by Crippen LogP contribution is 2.31. The molecule has 0 bridgehead atoms. The van der Waals surface area contributed by atoms with Crippen LogP contribution in [-0.2, 0) is 16.1 Å². The van der Waals surface area contributed by atoms with Crippen LogP contribution in [0.3, 0.4) is 0 Å². The number of halogens is 3. The highest BCUT2D eigenvalue weighted by molar-refractivity contribution is 5.73. The largest absolute Gasteiger partial charge is 0.497 e. The van der Waals surface area contributed by atoms with E-state index in [0.717, 1.165) is 63.7 Å². The average Bonchev–Trinajstić information content (AvgIpc) is 2.80. The Morgan fingerprint density at radius 3 is 2.55 bits per heavy atom. The standard InChI is InChI=1S/C20H26N4O2.C2HF3O2/c1-25-18-5-3-17(4-6-18)14-23-11-12-26-20(15-23)7-2-10-24(16-20)19-13-21-8-9-22-19;3-2(4,5)1(6)7/h3-6,8-9,13H,2,7,10-12,14-16H2,1H3;(H,6,7). The number of morpholine rings is 1. The zero-order valence-corrected chi connectivity index (χ0v) is 18.3. The molecule has 8 nitrogen and oxygen atoms in total. The van der Waals surface area contributed by atoms with Crippen LogP contribution in [0.25, 0.3) is 0 Å². The van der Waals surface area contributed by atoms with Crippen LogP contribution >= 0.6 is 0 Å². The summed E-state index contributed by atoms with van der Waals surface area (Å²) in [6.45, 7) is 5.55. The van der Waals surface area contributed by atoms with Gasteiger partial charge in [-0.1, -0.05) is 12.1 Å². The number of carboxylic acids is 1. The van der Waals surface area contributed by atoms with Gasteiger partial charge in [-0.2, -0.15) is 13.2 Å². The molecule has 0 amide bonds. The van der Waals surface area contributed by atoms with Crippen LogP contribution in [0.1, 0.15) is 18.4 Å². The fraction of sp³-hybridized carbons (Fsp3) is 0.500. The number of benzene rings is 1. The molecule has 1 N–H and O–H groups in total. The van der Waals surface area contributed by atoms with Gasteiger partial charge in [0.05, 0.1) is 25.5 Å². The molecule has 11 heteroatoms. The molecule has 33 heavy (non-hydrogen) atoms. The summed E-state index contributed by atoms with van der Waals surface area (Å²) in [6.07, 6.45) is 2.46. The molecule has 3 heterocycles. The number of nitrogens with zero attached hydrogens (tertiary/aromatic N) is 4. The number of aromatic nitrogens is 2. The van der Waals surface area contributed by atoms with Gasteiger partial charge in [-0.15, -0.1) is 0 Å². The maximum atomic E-state index is 10.6. The summed E-state index contributed by atoms with van der Waals surface area (Å²) < 4.78 is 43.3. The summed E-state index contributed by atoms with van der Waals surface area (Å²) in [5.74, 6) is -0.908. The quantitative estimate of drug-likeness (QED) is 0.733.